The molecule has 1 aromatic heterocycles. The molecule has 17 heavy (non-hydrogen) atoms. The number of fused-ring (bicyclic) bond motifs is 1. The average molecular weight is 227 g/mol. The van der Waals surface area contributed by atoms with E-state index < -0.39 is 0 Å². The van der Waals surface area contributed by atoms with Crippen molar-refractivity contribution in [1.82, 2.24) is 4.98 Å². The van der Waals surface area contributed by atoms with Gasteiger partial charge in [0.05, 0.1) is 0 Å². The average Bonchev–Trinajstić information content (AvgIpc) is 2.24. The highest BCUT2D eigenvalue weighted by Gasteiger charge is 2.22. The van der Waals surface area contributed by atoms with Crippen LogP contribution in [0.15, 0.2) is 18.5 Å². The van der Waals surface area contributed by atoms with Gasteiger partial charge in [-0.25, -0.2) is 0 Å². The van der Waals surface area contributed by atoms with E-state index in [0.29, 0.717) is 0 Å². The Kier molecular flexibility index (Phi) is 2.73. The van der Waals surface area contributed by atoms with Gasteiger partial charge in [-0.2, -0.15) is 0 Å². The van der Waals surface area contributed by atoms with Crippen LogP contribution in [0.4, 0.5) is 0 Å². The van der Waals surface area contributed by atoms with Gasteiger partial charge in [0.1, 0.15) is 0 Å². The topological polar surface area (TPSA) is 12.9 Å². The first-order valence-electron chi connectivity index (χ1n) is 6.18. The number of aryl methyl sites for hydroxylation is 1. The van der Waals surface area contributed by atoms with Crippen LogP contribution in [0.2, 0.25) is 0 Å². The molecule has 1 aromatic carbocycles. The Morgan fingerprint density at radius 2 is 1.53 bits per heavy atom. The summed E-state index contributed by atoms with van der Waals surface area (Å²) in [4.78, 5) is 4.30. The lowest BCUT2D eigenvalue weighted by atomic mass is 9.78. The Bertz CT molecular complexity index is 574. The lowest BCUT2D eigenvalue weighted by Gasteiger charge is -2.26. The van der Waals surface area contributed by atoms with Crippen LogP contribution in [0.5, 0.6) is 0 Å². The van der Waals surface area contributed by atoms with Gasteiger partial charge >= 0.3 is 0 Å². The largest absolute Gasteiger partial charge is 0.264 e. The standard InChI is InChI=1S/C16H21N/c1-10-11(2)13-7-8-17-9-14(13)15(12(10)3)16(4,5)6/h7-9H,1-6H3. The molecule has 0 fully saturated rings. The number of benzene rings is 1. The SMILES string of the molecule is Cc1c(C)c(C(C)(C)C)c2cnccc2c1C. The summed E-state index contributed by atoms with van der Waals surface area (Å²) in [7, 11) is 0. The fourth-order valence-corrected chi connectivity index (χ4v) is 2.76. The van der Waals surface area contributed by atoms with Crippen molar-refractivity contribution >= 4 is 10.8 Å². The molecule has 0 aliphatic rings. The Morgan fingerprint density at radius 1 is 0.882 bits per heavy atom. The number of rotatable bonds is 0. The van der Waals surface area contributed by atoms with Crippen LogP contribution in [-0.4, -0.2) is 4.98 Å². The maximum Gasteiger partial charge on any atom is 0.0349 e. The predicted molar refractivity (Wildman–Crippen MR) is 74.7 cm³/mol. The summed E-state index contributed by atoms with van der Waals surface area (Å²) in [5, 5.41) is 2.65. The van der Waals surface area contributed by atoms with Crippen molar-refractivity contribution < 1.29 is 0 Å². The zero-order valence-electron chi connectivity index (χ0n) is 11.7. The van der Waals surface area contributed by atoms with Crippen molar-refractivity contribution in [2.24, 2.45) is 0 Å². The molecule has 0 bridgehead atoms. The molecule has 0 amide bonds. The summed E-state index contributed by atoms with van der Waals surface area (Å²) in [5.74, 6) is 0. The molecular weight excluding hydrogens is 206 g/mol. The fourth-order valence-electron chi connectivity index (χ4n) is 2.76. The van der Waals surface area contributed by atoms with Gasteiger partial charge in [-0.05, 0) is 59.9 Å². The van der Waals surface area contributed by atoms with Crippen LogP contribution < -0.4 is 0 Å². The minimum absolute atomic E-state index is 0.157. The molecule has 0 N–H and O–H groups in total. The van der Waals surface area contributed by atoms with Gasteiger partial charge < -0.3 is 0 Å². The number of pyridine rings is 1. The van der Waals surface area contributed by atoms with E-state index >= 15 is 0 Å². The van der Waals surface area contributed by atoms with E-state index in [0.717, 1.165) is 0 Å². The lowest BCUT2D eigenvalue weighted by Crippen LogP contribution is -2.15. The van der Waals surface area contributed by atoms with E-state index in [9.17, 15) is 0 Å². The third-order valence-corrected chi connectivity index (χ3v) is 3.74. The third-order valence-electron chi connectivity index (χ3n) is 3.74. The predicted octanol–water partition coefficient (Wildman–Crippen LogP) is 4.46. The van der Waals surface area contributed by atoms with E-state index in [1.165, 1.54) is 33.0 Å². The van der Waals surface area contributed by atoms with Gasteiger partial charge in [-0.15, -0.1) is 0 Å². The summed E-state index contributed by atoms with van der Waals surface area (Å²) >= 11 is 0. The summed E-state index contributed by atoms with van der Waals surface area (Å²) in [6.45, 7) is 13.5. The second-order valence-electron chi connectivity index (χ2n) is 5.92. The molecule has 0 aliphatic carbocycles. The smallest absolute Gasteiger partial charge is 0.0349 e. The zero-order chi connectivity index (χ0) is 12.8. The normalized spacial score (nSPS) is 12.1. The van der Waals surface area contributed by atoms with Gasteiger partial charge in [0.25, 0.3) is 0 Å². The fraction of sp³-hybridized carbons (Fsp3) is 0.438. The molecule has 2 rings (SSSR count). The molecule has 0 saturated heterocycles. The third kappa shape index (κ3) is 1.84. The Labute approximate surface area is 104 Å². The number of aromatic nitrogens is 1. The zero-order valence-corrected chi connectivity index (χ0v) is 11.7. The monoisotopic (exact) mass is 227 g/mol. The van der Waals surface area contributed by atoms with Crippen LogP contribution in [0.25, 0.3) is 10.8 Å². The van der Waals surface area contributed by atoms with Gasteiger partial charge in [0.15, 0.2) is 0 Å². The molecule has 1 heteroatoms. The first kappa shape index (κ1) is 12.1. The molecule has 90 valence electrons. The van der Waals surface area contributed by atoms with E-state index in [-0.39, 0.29) is 5.41 Å². The van der Waals surface area contributed by atoms with Crippen LogP contribution in [0.1, 0.15) is 43.0 Å². The van der Waals surface area contributed by atoms with Gasteiger partial charge in [0.2, 0.25) is 0 Å². The molecule has 0 atom stereocenters. The number of nitrogens with zero attached hydrogens (tertiary/aromatic N) is 1. The molecule has 0 spiro atoms. The van der Waals surface area contributed by atoms with Crippen LogP contribution in [0.3, 0.4) is 0 Å². The summed E-state index contributed by atoms with van der Waals surface area (Å²) < 4.78 is 0. The van der Waals surface area contributed by atoms with E-state index in [4.69, 9.17) is 0 Å². The van der Waals surface area contributed by atoms with E-state index in [1.54, 1.807) is 0 Å². The molecule has 0 radical (unpaired) electrons. The van der Waals surface area contributed by atoms with Gasteiger partial charge in [0, 0.05) is 17.8 Å². The van der Waals surface area contributed by atoms with E-state index in [1.807, 2.05) is 12.4 Å². The van der Waals surface area contributed by atoms with Crippen molar-refractivity contribution in [1.29, 1.82) is 0 Å². The van der Waals surface area contributed by atoms with Crippen molar-refractivity contribution in [3.05, 3.63) is 40.7 Å². The molecular formula is C16H21N. The summed E-state index contributed by atoms with van der Waals surface area (Å²) in [6, 6.07) is 2.13. The number of hydrogen-bond acceptors (Lipinski definition) is 1. The van der Waals surface area contributed by atoms with E-state index in [2.05, 4.69) is 52.6 Å². The molecule has 1 heterocycles. The Balaban J connectivity index is 3.01. The molecule has 0 aliphatic heterocycles. The van der Waals surface area contributed by atoms with Crippen molar-refractivity contribution in [3.63, 3.8) is 0 Å². The minimum atomic E-state index is 0.157. The first-order valence-corrected chi connectivity index (χ1v) is 6.18. The highest BCUT2D eigenvalue weighted by molar-refractivity contribution is 5.90. The molecule has 0 saturated carbocycles. The maximum atomic E-state index is 4.30. The summed E-state index contributed by atoms with van der Waals surface area (Å²) in [5.41, 5.74) is 5.80. The van der Waals surface area contributed by atoms with Crippen molar-refractivity contribution in [2.45, 2.75) is 47.0 Å². The first-order chi connectivity index (χ1) is 7.84. The number of hydrogen-bond donors (Lipinski definition) is 0. The van der Waals surface area contributed by atoms with Crippen LogP contribution >= 0.6 is 0 Å². The van der Waals surface area contributed by atoms with Gasteiger partial charge in [-0.3, -0.25) is 4.98 Å². The van der Waals surface area contributed by atoms with Crippen LogP contribution in [-0.2, 0) is 5.41 Å². The maximum absolute atomic E-state index is 4.30. The second kappa shape index (κ2) is 3.83. The highest BCUT2D eigenvalue weighted by atomic mass is 14.6. The molecule has 1 nitrogen and oxygen atoms in total. The highest BCUT2D eigenvalue weighted by Crippen LogP contribution is 2.36. The van der Waals surface area contributed by atoms with Crippen LogP contribution in [0, 0.1) is 20.8 Å². The van der Waals surface area contributed by atoms with Crippen molar-refractivity contribution in [2.75, 3.05) is 0 Å². The molecule has 0 unspecified atom stereocenters. The Hall–Kier alpha value is -1.37. The summed E-state index contributed by atoms with van der Waals surface area (Å²) in [6.07, 6.45) is 3.89. The quantitative estimate of drug-likeness (QED) is 0.647. The van der Waals surface area contributed by atoms with Gasteiger partial charge in [-0.1, -0.05) is 20.8 Å². The molecule has 2 aromatic rings. The minimum Gasteiger partial charge on any atom is -0.264 e. The Morgan fingerprint density at radius 3 is 2.12 bits per heavy atom. The lowest BCUT2D eigenvalue weighted by molar-refractivity contribution is 0.591. The second-order valence-corrected chi connectivity index (χ2v) is 5.92. The van der Waals surface area contributed by atoms with Crippen molar-refractivity contribution in [3.8, 4) is 0 Å².